The maximum absolute atomic E-state index is 5.29. The normalized spacial score (nSPS) is 12.1. The van der Waals surface area contributed by atoms with E-state index in [-0.39, 0.29) is 0 Å². The number of nitrogens with zero attached hydrogens (tertiary/aromatic N) is 3. The summed E-state index contributed by atoms with van der Waals surface area (Å²) in [5.41, 5.74) is 17.5. The van der Waals surface area contributed by atoms with E-state index >= 15 is 0 Å². The van der Waals surface area contributed by atoms with Crippen LogP contribution in [0.25, 0.3) is 136 Å². The highest BCUT2D eigenvalue weighted by Crippen LogP contribution is 2.49. The molecule has 296 valence electrons. The fourth-order valence-corrected chi connectivity index (χ4v) is 11.5. The molecule has 0 bridgehead atoms. The number of hydrogen-bond donors (Lipinski definition) is 0. The summed E-state index contributed by atoms with van der Waals surface area (Å²) in [5, 5.41) is 8.78. The minimum Gasteiger partial charge on any atom is -0.309 e. The van der Waals surface area contributed by atoms with E-state index in [0.717, 1.165) is 33.4 Å². The minimum atomic E-state index is 0.707. The summed E-state index contributed by atoms with van der Waals surface area (Å²) in [5.74, 6) is 0.707. The molecule has 0 spiro atoms. The highest BCUT2D eigenvalue weighted by Gasteiger charge is 2.23. The molecule has 4 heteroatoms. The van der Waals surface area contributed by atoms with Crippen molar-refractivity contribution in [1.82, 2.24) is 14.5 Å². The third kappa shape index (κ3) is 5.27. The van der Waals surface area contributed by atoms with Crippen LogP contribution in [0.1, 0.15) is 0 Å². The Hall–Kier alpha value is -8.18. The summed E-state index contributed by atoms with van der Waals surface area (Å²) >= 11 is 1.86. The van der Waals surface area contributed by atoms with Crippen LogP contribution in [0.3, 0.4) is 0 Å². The number of benzene rings is 10. The molecule has 10 aromatic carbocycles. The van der Waals surface area contributed by atoms with Gasteiger partial charge in [-0.1, -0.05) is 152 Å². The summed E-state index contributed by atoms with van der Waals surface area (Å²) in [6.45, 7) is 0. The molecule has 3 aromatic heterocycles. The van der Waals surface area contributed by atoms with Gasteiger partial charge in [-0.3, -0.25) is 0 Å². The van der Waals surface area contributed by atoms with Crippen LogP contribution in [0, 0.1) is 0 Å². The van der Waals surface area contributed by atoms with Gasteiger partial charge in [-0.15, -0.1) is 11.3 Å². The summed E-state index contributed by atoms with van der Waals surface area (Å²) in [7, 11) is 0. The highest BCUT2D eigenvalue weighted by molar-refractivity contribution is 7.25. The average molecular weight is 830 g/mol. The summed E-state index contributed by atoms with van der Waals surface area (Å²) in [6.07, 6.45) is 0. The number of aromatic nitrogens is 3. The smallest absolute Gasteiger partial charge is 0.160 e. The first-order valence-corrected chi connectivity index (χ1v) is 22.6. The van der Waals surface area contributed by atoms with Gasteiger partial charge in [0.15, 0.2) is 5.82 Å². The Morgan fingerprint density at radius 1 is 0.328 bits per heavy atom. The molecular formula is C60H35N3S. The van der Waals surface area contributed by atoms with Crippen LogP contribution in [0.4, 0.5) is 0 Å². The zero-order valence-electron chi connectivity index (χ0n) is 34.5. The van der Waals surface area contributed by atoms with Crippen molar-refractivity contribution in [1.29, 1.82) is 0 Å². The SMILES string of the molecule is c1ccc2c(c1)-c1cccc3c(-c4ccc(-c5nc(-c6ccc(-n7c8ccccc8c8cc(-c9ccc%10c(c9)sc9ccccc9%10)ccc87)cc6)nc6ccccc56)cc4)ccc-2c13. The largest absolute Gasteiger partial charge is 0.309 e. The van der Waals surface area contributed by atoms with Crippen LogP contribution < -0.4 is 0 Å². The second kappa shape index (κ2) is 13.7. The van der Waals surface area contributed by atoms with Gasteiger partial charge in [-0.2, -0.15) is 0 Å². The number of rotatable bonds is 5. The Labute approximate surface area is 372 Å². The molecule has 0 atom stereocenters. The molecule has 0 radical (unpaired) electrons. The van der Waals surface area contributed by atoms with Crippen molar-refractivity contribution in [3.63, 3.8) is 0 Å². The molecule has 0 unspecified atom stereocenters. The molecular weight excluding hydrogens is 795 g/mol. The number of fused-ring (bicyclic) bond motifs is 10. The van der Waals surface area contributed by atoms with Crippen LogP contribution in [-0.4, -0.2) is 14.5 Å². The van der Waals surface area contributed by atoms with Gasteiger partial charge in [0.2, 0.25) is 0 Å². The summed E-state index contributed by atoms with van der Waals surface area (Å²) in [4.78, 5) is 10.4. The van der Waals surface area contributed by atoms with Gasteiger partial charge < -0.3 is 4.57 Å². The van der Waals surface area contributed by atoms with Crippen molar-refractivity contribution >= 4 is 75.0 Å². The van der Waals surface area contributed by atoms with Crippen LogP contribution in [0.5, 0.6) is 0 Å². The maximum atomic E-state index is 5.29. The van der Waals surface area contributed by atoms with Crippen molar-refractivity contribution in [2.45, 2.75) is 0 Å². The van der Waals surface area contributed by atoms with Gasteiger partial charge >= 0.3 is 0 Å². The van der Waals surface area contributed by atoms with Crippen molar-refractivity contribution in [2.24, 2.45) is 0 Å². The second-order valence-corrected chi connectivity index (χ2v) is 17.9. The minimum absolute atomic E-state index is 0.707. The molecule has 3 heterocycles. The fourth-order valence-electron chi connectivity index (χ4n) is 10.4. The summed E-state index contributed by atoms with van der Waals surface area (Å²) < 4.78 is 5.02. The Morgan fingerprint density at radius 3 is 1.78 bits per heavy atom. The molecule has 1 aliphatic rings. The van der Waals surface area contributed by atoms with Crippen molar-refractivity contribution in [3.05, 3.63) is 212 Å². The van der Waals surface area contributed by atoms with E-state index in [1.54, 1.807) is 0 Å². The molecule has 14 rings (SSSR count). The van der Waals surface area contributed by atoms with E-state index in [4.69, 9.17) is 9.97 Å². The lowest BCUT2D eigenvalue weighted by atomic mass is 9.93. The molecule has 3 nitrogen and oxygen atoms in total. The topological polar surface area (TPSA) is 30.7 Å². The average Bonchev–Trinajstić information content (AvgIpc) is 4.02. The van der Waals surface area contributed by atoms with Gasteiger partial charge in [0.1, 0.15) is 0 Å². The van der Waals surface area contributed by atoms with Gasteiger partial charge in [-0.05, 0) is 116 Å². The molecule has 0 fully saturated rings. The molecule has 0 saturated carbocycles. The Balaban J connectivity index is 0.822. The monoisotopic (exact) mass is 829 g/mol. The molecule has 1 aliphatic carbocycles. The lowest BCUT2D eigenvalue weighted by Crippen LogP contribution is -1.97. The summed E-state index contributed by atoms with van der Waals surface area (Å²) in [6, 6.07) is 77.2. The van der Waals surface area contributed by atoms with E-state index in [1.807, 2.05) is 11.3 Å². The van der Waals surface area contributed by atoms with Gasteiger partial charge in [0.25, 0.3) is 0 Å². The van der Waals surface area contributed by atoms with Gasteiger partial charge in [0.05, 0.1) is 22.2 Å². The first kappa shape index (κ1) is 35.4. The number of thiophene rings is 1. The number of hydrogen-bond acceptors (Lipinski definition) is 3. The third-order valence-corrected chi connectivity index (χ3v) is 14.5. The zero-order chi connectivity index (χ0) is 41.9. The van der Waals surface area contributed by atoms with Crippen molar-refractivity contribution in [2.75, 3.05) is 0 Å². The van der Waals surface area contributed by atoms with Gasteiger partial charge in [0, 0.05) is 53.1 Å². The Kier molecular flexibility index (Phi) is 7.56. The first-order chi connectivity index (χ1) is 31.7. The third-order valence-electron chi connectivity index (χ3n) is 13.4. The molecule has 0 N–H and O–H groups in total. The zero-order valence-corrected chi connectivity index (χ0v) is 35.3. The van der Waals surface area contributed by atoms with E-state index in [1.165, 1.54) is 97.3 Å². The van der Waals surface area contributed by atoms with Crippen LogP contribution >= 0.6 is 11.3 Å². The van der Waals surface area contributed by atoms with Gasteiger partial charge in [-0.25, -0.2) is 9.97 Å². The highest BCUT2D eigenvalue weighted by atomic mass is 32.1. The van der Waals surface area contributed by atoms with E-state index in [2.05, 4.69) is 217 Å². The molecule has 0 saturated heterocycles. The molecule has 64 heavy (non-hydrogen) atoms. The first-order valence-electron chi connectivity index (χ1n) is 21.8. The molecule has 13 aromatic rings. The fraction of sp³-hybridized carbons (Fsp3) is 0. The maximum Gasteiger partial charge on any atom is 0.160 e. The predicted molar refractivity (Wildman–Crippen MR) is 270 cm³/mol. The second-order valence-electron chi connectivity index (χ2n) is 16.9. The lowest BCUT2D eigenvalue weighted by Gasteiger charge is -2.13. The quantitative estimate of drug-likeness (QED) is 0.173. The van der Waals surface area contributed by atoms with E-state index in [9.17, 15) is 0 Å². The van der Waals surface area contributed by atoms with Crippen LogP contribution in [0.2, 0.25) is 0 Å². The van der Waals surface area contributed by atoms with Crippen molar-refractivity contribution < 1.29 is 0 Å². The van der Waals surface area contributed by atoms with Crippen LogP contribution in [-0.2, 0) is 0 Å². The van der Waals surface area contributed by atoms with Crippen LogP contribution in [0.15, 0.2) is 212 Å². The Morgan fingerprint density at radius 2 is 0.922 bits per heavy atom. The van der Waals surface area contributed by atoms with E-state index < -0.39 is 0 Å². The molecule has 0 aliphatic heterocycles. The number of para-hydroxylation sites is 2. The van der Waals surface area contributed by atoms with E-state index in [0.29, 0.717) is 5.82 Å². The standard InChI is InChI=1S/C60H35N3S/c1-2-11-44-43(10-1)49-16-9-15-48-42(31-32-50(44)58(48)49)36-20-22-37(23-21-36)59-51-14-3-6-17-53(51)61-60(62-59)38-24-28-41(29-25-38)63-54-18-7-4-12-45(54)52-34-39(27-33-55(52)63)40-26-30-47-46-13-5-8-19-56(46)64-57(47)35-40/h1-35H. The predicted octanol–water partition coefficient (Wildman–Crippen LogP) is 16.6. The molecule has 0 amide bonds. The van der Waals surface area contributed by atoms with Crippen molar-refractivity contribution in [3.8, 4) is 72.8 Å². The lowest BCUT2D eigenvalue weighted by molar-refractivity contribution is 1.17. The Bertz CT molecular complexity index is 4030.